The van der Waals surface area contributed by atoms with Crippen molar-refractivity contribution in [3.05, 3.63) is 59.7 Å². The first-order chi connectivity index (χ1) is 16.0. The predicted molar refractivity (Wildman–Crippen MR) is 121 cm³/mol. The van der Waals surface area contributed by atoms with Crippen LogP contribution in [0, 0.1) is 5.92 Å². The second kappa shape index (κ2) is 10.0. The molecular weight excluding hydrogens is 424 g/mol. The first-order valence-corrected chi connectivity index (χ1v) is 11.2. The van der Waals surface area contributed by atoms with Crippen molar-refractivity contribution < 1.29 is 29.3 Å². The van der Waals surface area contributed by atoms with Crippen molar-refractivity contribution in [1.29, 1.82) is 0 Å². The van der Waals surface area contributed by atoms with E-state index in [1.807, 2.05) is 36.4 Å². The van der Waals surface area contributed by atoms with Crippen molar-refractivity contribution >= 4 is 18.0 Å². The van der Waals surface area contributed by atoms with E-state index in [1.165, 1.54) is 0 Å². The highest BCUT2D eigenvalue weighted by Crippen LogP contribution is 2.44. The van der Waals surface area contributed by atoms with Gasteiger partial charge in [0.1, 0.15) is 12.6 Å². The lowest BCUT2D eigenvalue weighted by Gasteiger charge is -2.23. The molecule has 0 radical (unpaired) electrons. The zero-order valence-electron chi connectivity index (χ0n) is 18.2. The molecule has 2 aliphatic carbocycles. The number of aliphatic hydroxyl groups excluding tert-OH is 1. The van der Waals surface area contributed by atoms with Gasteiger partial charge in [-0.1, -0.05) is 55.0 Å². The zero-order chi connectivity index (χ0) is 23.4. The number of carbonyl (C=O) groups excluding carboxylic acids is 2. The number of nitrogens with one attached hydrogen (secondary N) is 2. The van der Waals surface area contributed by atoms with Gasteiger partial charge in [-0.15, -0.1) is 0 Å². The van der Waals surface area contributed by atoms with Gasteiger partial charge in [0.2, 0.25) is 5.91 Å². The molecule has 0 aliphatic heterocycles. The molecule has 8 heteroatoms. The maximum Gasteiger partial charge on any atom is 0.407 e. The summed E-state index contributed by atoms with van der Waals surface area (Å²) < 4.78 is 5.58. The summed E-state index contributed by atoms with van der Waals surface area (Å²) in [4.78, 5) is 36.5. The van der Waals surface area contributed by atoms with Gasteiger partial charge in [-0.05, 0) is 35.1 Å². The molecule has 0 heterocycles. The van der Waals surface area contributed by atoms with Crippen LogP contribution < -0.4 is 10.6 Å². The zero-order valence-corrected chi connectivity index (χ0v) is 18.2. The van der Waals surface area contributed by atoms with Gasteiger partial charge < -0.3 is 25.6 Å². The minimum Gasteiger partial charge on any atom is -0.480 e. The molecule has 0 saturated heterocycles. The fourth-order valence-corrected chi connectivity index (χ4v) is 4.90. The molecule has 8 nitrogen and oxygen atoms in total. The number of rotatable bonds is 8. The fraction of sp³-hybridized carbons (Fsp3) is 0.400. The Morgan fingerprint density at radius 3 is 2.24 bits per heavy atom. The maximum atomic E-state index is 12.6. The molecule has 0 aromatic heterocycles. The number of fused-ring (bicyclic) bond motifs is 3. The van der Waals surface area contributed by atoms with E-state index >= 15 is 0 Å². The van der Waals surface area contributed by atoms with Crippen LogP contribution in [0.1, 0.15) is 42.7 Å². The molecule has 3 atom stereocenters. The largest absolute Gasteiger partial charge is 0.480 e. The summed E-state index contributed by atoms with van der Waals surface area (Å²) in [6, 6.07) is 14.6. The number of amides is 2. The van der Waals surface area contributed by atoms with E-state index < -0.39 is 36.0 Å². The van der Waals surface area contributed by atoms with Crippen LogP contribution in [0.4, 0.5) is 4.79 Å². The number of carbonyl (C=O) groups is 3. The molecule has 0 bridgehead atoms. The van der Waals surface area contributed by atoms with Gasteiger partial charge in [0.15, 0.2) is 0 Å². The van der Waals surface area contributed by atoms with Gasteiger partial charge in [0.25, 0.3) is 0 Å². The van der Waals surface area contributed by atoms with Gasteiger partial charge >= 0.3 is 12.1 Å². The number of carboxylic acids is 1. The van der Waals surface area contributed by atoms with Gasteiger partial charge in [0, 0.05) is 25.0 Å². The molecule has 4 N–H and O–H groups in total. The second-order valence-electron chi connectivity index (χ2n) is 8.53. The Labute approximate surface area is 192 Å². The van der Waals surface area contributed by atoms with Crippen molar-refractivity contribution in [3.8, 4) is 11.1 Å². The van der Waals surface area contributed by atoms with Crippen molar-refractivity contribution in [2.75, 3.05) is 13.2 Å². The van der Waals surface area contributed by atoms with Crippen molar-refractivity contribution in [2.45, 2.75) is 43.7 Å². The average Bonchev–Trinajstić information content (AvgIpc) is 3.40. The normalized spacial score (nSPS) is 19.9. The Bertz CT molecular complexity index is 994. The highest BCUT2D eigenvalue weighted by Gasteiger charge is 2.36. The average molecular weight is 453 g/mol. The number of aliphatic hydroxyl groups is 1. The molecule has 1 saturated carbocycles. The topological polar surface area (TPSA) is 125 Å². The van der Waals surface area contributed by atoms with E-state index in [0.29, 0.717) is 12.8 Å². The number of alkyl carbamates (subject to hydrolysis) is 1. The molecule has 1 fully saturated rings. The quantitative estimate of drug-likeness (QED) is 0.488. The van der Waals surface area contributed by atoms with Gasteiger partial charge in [0.05, 0.1) is 5.92 Å². The number of carboxylic acid groups (broad SMARTS) is 1. The maximum absolute atomic E-state index is 12.6. The van der Waals surface area contributed by atoms with Crippen molar-refractivity contribution in [2.24, 2.45) is 5.92 Å². The lowest BCUT2D eigenvalue weighted by molar-refractivity contribution is -0.143. The summed E-state index contributed by atoms with van der Waals surface area (Å²) in [6.45, 7) is -0.162. The van der Waals surface area contributed by atoms with Crippen molar-refractivity contribution in [3.63, 3.8) is 0 Å². The Morgan fingerprint density at radius 2 is 1.64 bits per heavy atom. The van der Waals surface area contributed by atoms with Crippen LogP contribution in [-0.2, 0) is 14.3 Å². The van der Waals surface area contributed by atoms with E-state index in [9.17, 15) is 19.5 Å². The second-order valence-corrected chi connectivity index (χ2v) is 8.53. The smallest absolute Gasteiger partial charge is 0.407 e. The number of hydrogen-bond acceptors (Lipinski definition) is 5. The van der Waals surface area contributed by atoms with Gasteiger partial charge in [-0.3, -0.25) is 4.79 Å². The van der Waals surface area contributed by atoms with E-state index in [4.69, 9.17) is 9.84 Å². The van der Waals surface area contributed by atoms with E-state index in [2.05, 4.69) is 22.8 Å². The fourth-order valence-electron chi connectivity index (χ4n) is 4.90. The summed E-state index contributed by atoms with van der Waals surface area (Å²) in [7, 11) is 0. The molecule has 0 spiro atoms. The number of benzene rings is 2. The monoisotopic (exact) mass is 452 g/mol. The highest BCUT2D eigenvalue weighted by molar-refractivity contribution is 5.86. The first kappa shape index (κ1) is 22.8. The van der Waals surface area contributed by atoms with Crippen LogP contribution in [-0.4, -0.2) is 53.5 Å². The van der Waals surface area contributed by atoms with Crippen LogP contribution in [0.5, 0.6) is 0 Å². The third-order valence-corrected chi connectivity index (χ3v) is 6.53. The molecule has 2 aromatic carbocycles. The summed E-state index contributed by atoms with van der Waals surface area (Å²) in [5.74, 6) is -2.22. The van der Waals surface area contributed by atoms with Gasteiger partial charge in [-0.25, -0.2) is 9.59 Å². The predicted octanol–water partition coefficient (Wildman–Crippen LogP) is 2.65. The molecule has 2 aliphatic rings. The summed E-state index contributed by atoms with van der Waals surface area (Å²) in [5, 5.41) is 23.5. The lowest BCUT2D eigenvalue weighted by atomic mass is 9.98. The molecule has 2 unspecified atom stereocenters. The lowest BCUT2D eigenvalue weighted by Crippen LogP contribution is -2.49. The standard InChI is InChI=1S/C25H28N2O6/c28-13-12-22(24(30)31)26-23(29)19-10-5-11-21(19)27-25(32)33-14-20-17-8-3-1-6-15(17)16-7-2-4-9-18(16)20/h1-4,6-9,19-22,28H,5,10-14H2,(H,26,29)(H,27,32)(H,30,31)/t19?,21?,22-/m1/s1. The molecule has 2 amide bonds. The third-order valence-electron chi connectivity index (χ3n) is 6.53. The van der Waals surface area contributed by atoms with E-state index in [-0.39, 0.29) is 25.6 Å². The molecule has 33 heavy (non-hydrogen) atoms. The Balaban J connectivity index is 1.36. The van der Waals surface area contributed by atoms with Crippen LogP contribution in [0.25, 0.3) is 11.1 Å². The first-order valence-electron chi connectivity index (χ1n) is 11.2. The van der Waals surface area contributed by atoms with Crippen molar-refractivity contribution in [1.82, 2.24) is 10.6 Å². The Morgan fingerprint density at radius 1 is 1.00 bits per heavy atom. The van der Waals surface area contributed by atoms with E-state index in [0.717, 1.165) is 28.7 Å². The van der Waals surface area contributed by atoms with Crippen LogP contribution in [0.15, 0.2) is 48.5 Å². The minimum atomic E-state index is -1.20. The molecule has 2 aromatic rings. The van der Waals surface area contributed by atoms with E-state index in [1.54, 1.807) is 0 Å². The Kier molecular flexibility index (Phi) is 6.93. The highest BCUT2D eigenvalue weighted by atomic mass is 16.5. The van der Waals surface area contributed by atoms with Gasteiger partial charge in [-0.2, -0.15) is 0 Å². The Hall–Kier alpha value is -3.39. The summed E-state index contributed by atoms with van der Waals surface area (Å²) >= 11 is 0. The van der Waals surface area contributed by atoms with Crippen LogP contribution in [0.3, 0.4) is 0 Å². The number of hydrogen-bond donors (Lipinski definition) is 4. The van der Waals surface area contributed by atoms with Crippen LogP contribution >= 0.6 is 0 Å². The molecule has 174 valence electrons. The number of ether oxygens (including phenoxy) is 1. The minimum absolute atomic E-state index is 0.0550. The molecular formula is C25H28N2O6. The SMILES string of the molecule is O=C(NC1CCCC1C(=O)N[C@H](CCO)C(=O)O)OCC1c2ccccc2-c2ccccc21. The summed E-state index contributed by atoms with van der Waals surface area (Å²) in [5.41, 5.74) is 4.53. The third kappa shape index (κ3) is 4.85. The van der Waals surface area contributed by atoms with Crippen LogP contribution in [0.2, 0.25) is 0 Å². The molecule has 4 rings (SSSR count). The summed E-state index contributed by atoms with van der Waals surface area (Å²) in [6.07, 6.45) is 1.24. The number of aliphatic carboxylic acids is 1.